The topological polar surface area (TPSA) is 382 Å². The van der Waals surface area contributed by atoms with Gasteiger partial charge in [-0.2, -0.15) is 0 Å². The summed E-state index contributed by atoms with van der Waals surface area (Å²) in [4.78, 5) is 52.7. The van der Waals surface area contributed by atoms with E-state index in [4.69, 9.17) is 61.3 Å². The zero-order valence-corrected chi connectivity index (χ0v) is 22.2. The molecule has 2 radical (unpaired) electrons. The molecular formula is C14H14Cu2N8O14S2+2. The first-order chi connectivity index (χ1) is 16.8. The van der Waals surface area contributed by atoms with Crippen LogP contribution in [0.1, 0.15) is 0 Å². The molecule has 22 nitrogen and oxygen atoms in total. The van der Waals surface area contributed by atoms with Crippen LogP contribution in [0.25, 0.3) is 31.1 Å². The fourth-order valence-electron chi connectivity index (χ4n) is 1.84. The van der Waals surface area contributed by atoms with Crippen molar-refractivity contribution in [1.82, 2.24) is 19.9 Å². The summed E-state index contributed by atoms with van der Waals surface area (Å²) in [5.41, 5.74) is 1.78. The second kappa shape index (κ2) is 24.9. The predicted octanol–water partition coefficient (Wildman–Crippen LogP) is 1.07. The Bertz CT molecular complexity index is 1100. The number of aromatic nitrogens is 4. The van der Waals surface area contributed by atoms with Gasteiger partial charge in [0, 0.05) is 12.4 Å². The van der Waals surface area contributed by atoms with Crippen molar-refractivity contribution < 1.29 is 65.4 Å². The summed E-state index contributed by atoms with van der Waals surface area (Å²) in [6.45, 7) is 0. The largest absolute Gasteiger partial charge is 2.00 e. The average molecular weight is 710 g/mol. The molecule has 0 aliphatic rings. The average Bonchev–Trinajstić information content (AvgIpc) is 3.33. The third-order valence-corrected chi connectivity index (χ3v) is 4.82. The van der Waals surface area contributed by atoms with Gasteiger partial charge in [-0.05, 0) is 24.3 Å². The molecular weight excluding hydrogens is 695 g/mol. The monoisotopic (exact) mass is 708 g/mol. The molecule has 0 aliphatic carbocycles. The van der Waals surface area contributed by atoms with Crippen LogP contribution in [-0.2, 0) is 45.1 Å². The van der Waals surface area contributed by atoms with Crippen molar-refractivity contribution in [1.29, 1.82) is 0 Å². The van der Waals surface area contributed by atoms with Crippen LogP contribution in [0.15, 0.2) is 48.8 Å². The van der Waals surface area contributed by atoms with Crippen molar-refractivity contribution >= 4 is 32.3 Å². The van der Waals surface area contributed by atoms with Gasteiger partial charge in [-0.3, -0.25) is 9.97 Å². The molecule has 4 aromatic rings. The minimum atomic E-state index is -1.75. The molecule has 226 valence electrons. The number of nitrogens with zero attached hydrogens (tertiary/aromatic N) is 8. The quantitative estimate of drug-likeness (QED) is 0.121. The molecule has 0 bridgehead atoms. The number of thiazole rings is 2. The van der Waals surface area contributed by atoms with Gasteiger partial charge in [0.05, 0.1) is 31.7 Å². The van der Waals surface area contributed by atoms with E-state index >= 15 is 0 Å². The Balaban J connectivity index is -0.000000173. The van der Waals surface area contributed by atoms with E-state index < -0.39 is 20.3 Å². The fourth-order valence-corrected chi connectivity index (χ4v) is 3.84. The minimum Gasteiger partial charge on any atom is -0.457 e. The summed E-state index contributed by atoms with van der Waals surface area (Å²) in [6.07, 6.45) is 3.55. The van der Waals surface area contributed by atoms with Crippen LogP contribution in [0.2, 0.25) is 0 Å². The van der Waals surface area contributed by atoms with E-state index in [1.54, 1.807) is 35.1 Å². The van der Waals surface area contributed by atoms with Gasteiger partial charge in [-0.15, -0.1) is 0 Å². The third kappa shape index (κ3) is 22.8. The van der Waals surface area contributed by atoms with E-state index in [1.807, 2.05) is 36.4 Å². The molecule has 4 aromatic heterocycles. The van der Waals surface area contributed by atoms with Crippen LogP contribution >= 0.6 is 22.7 Å². The van der Waals surface area contributed by atoms with Crippen molar-refractivity contribution in [3.63, 3.8) is 0 Å². The molecule has 26 heteroatoms. The molecule has 40 heavy (non-hydrogen) atoms. The Labute approximate surface area is 248 Å². The standard InChI is InChI=1S/C14H8N4S2.2Cu.4NO3.2H2O/c1-3-7-15-9(5-1)11-17-13-14(19-11)18-12(20-13)10-6-2-4-8-16-10;;;4*2-1(3)4;;/h1-8H;;;;;;;2*1H2/q;2*+2;4*-1;;/p+2. The molecule has 4 rings (SSSR count). The van der Waals surface area contributed by atoms with Gasteiger partial charge < -0.3 is 72.2 Å². The molecule has 0 aromatic carbocycles. The van der Waals surface area contributed by atoms with Crippen LogP contribution in [0.4, 0.5) is 0 Å². The van der Waals surface area contributed by atoms with Crippen molar-refractivity contribution in [3.8, 4) is 21.4 Å². The number of pyridine rings is 2. The first kappa shape index (κ1) is 45.5. The zero-order valence-electron chi connectivity index (χ0n) is 18.7. The van der Waals surface area contributed by atoms with Crippen LogP contribution in [-0.4, -0.2) is 40.3 Å². The molecule has 0 atom stereocenters. The van der Waals surface area contributed by atoms with Crippen molar-refractivity contribution in [2.75, 3.05) is 0 Å². The van der Waals surface area contributed by atoms with Crippen LogP contribution in [0.3, 0.4) is 0 Å². The molecule has 4 heterocycles. The van der Waals surface area contributed by atoms with Gasteiger partial charge in [0.15, 0.2) is 9.66 Å². The van der Waals surface area contributed by atoms with Crippen LogP contribution < -0.4 is 0 Å². The Kier molecular flexibility index (Phi) is 28.3. The van der Waals surface area contributed by atoms with Crippen molar-refractivity contribution in [2.45, 2.75) is 0 Å². The first-order valence-electron chi connectivity index (χ1n) is 8.19. The first-order valence-corrected chi connectivity index (χ1v) is 9.83. The van der Waals surface area contributed by atoms with Gasteiger partial charge in [0.25, 0.3) is 0 Å². The molecule has 0 fully saturated rings. The van der Waals surface area contributed by atoms with Gasteiger partial charge in [-0.25, -0.2) is 9.97 Å². The van der Waals surface area contributed by atoms with Gasteiger partial charge in [-0.1, -0.05) is 34.8 Å². The summed E-state index contributed by atoms with van der Waals surface area (Å²) < 4.78 is 0. The summed E-state index contributed by atoms with van der Waals surface area (Å²) in [5, 5.41) is 60.8. The Hall–Kier alpha value is -4.42. The summed E-state index contributed by atoms with van der Waals surface area (Å²) >= 11 is 3.13. The second-order valence-corrected chi connectivity index (χ2v) is 6.93. The van der Waals surface area contributed by atoms with Gasteiger partial charge >= 0.3 is 34.1 Å². The number of fused-ring (bicyclic) bond motifs is 1. The Morgan fingerprint density at radius 2 is 0.775 bits per heavy atom. The molecule has 0 saturated carbocycles. The van der Waals surface area contributed by atoms with Gasteiger partial charge in [0.2, 0.25) is 0 Å². The maximum atomic E-state index is 8.25. The van der Waals surface area contributed by atoms with E-state index in [1.165, 1.54) is 0 Å². The van der Waals surface area contributed by atoms with Crippen molar-refractivity contribution in [3.05, 3.63) is 110 Å². The Morgan fingerprint density at radius 3 is 0.975 bits per heavy atom. The van der Waals surface area contributed by atoms with E-state index in [0.29, 0.717) is 0 Å². The second-order valence-electron chi connectivity index (χ2n) is 4.97. The molecule has 0 saturated heterocycles. The normalized spacial score (nSPS) is 7.90. The number of hydrogen-bond donors (Lipinski definition) is 0. The Morgan fingerprint density at radius 1 is 0.525 bits per heavy atom. The summed E-state index contributed by atoms with van der Waals surface area (Å²) in [5.74, 6) is 0. The van der Waals surface area contributed by atoms with E-state index in [9.17, 15) is 0 Å². The number of hydrogen-bond acceptors (Lipinski definition) is 18. The van der Waals surface area contributed by atoms with E-state index in [2.05, 4.69) is 19.9 Å². The number of rotatable bonds is 2. The SMILES string of the molecule is O=[N+]([O-])[O-].O=[N+]([O-])[O-].O=[N+]([O-])[O-].O=[N+]([O-])[O-].[Cu+2].[Cu+2].[OH3+].[OH3+].c1ccc(-c2nc3sc(-c4ccccn4)nc3s2)nc1. The summed E-state index contributed by atoms with van der Waals surface area (Å²) in [7, 11) is 0. The molecule has 0 amide bonds. The maximum Gasteiger partial charge on any atom is 2.00 e. The van der Waals surface area contributed by atoms with Crippen LogP contribution in [0.5, 0.6) is 0 Å². The minimum absolute atomic E-state index is 0. The fraction of sp³-hybridized carbons (Fsp3) is 0. The third-order valence-electron chi connectivity index (χ3n) is 2.74. The van der Waals surface area contributed by atoms with Crippen LogP contribution in [0, 0.1) is 61.3 Å². The van der Waals surface area contributed by atoms with Crippen molar-refractivity contribution in [2.24, 2.45) is 0 Å². The maximum absolute atomic E-state index is 8.25. The molecule has 0 unspecified atom stereocenters. The summed E-state index contributed by atoms with van der Waals surface area (Å²) in [6, 6.07) is 11.6. The van der Waals surface area contributed by atoms with Gasteiger partial charge in [0.1, 0.15) is 10.0 Å². The molecule has 6 N–H and O–H groups in total. The smallest absolute Gasteiger partial charge is 0.457 e. The molecule has 0 spiro atoms. The molecule has 0 aliphatic heterocycles. The van der Waals surface area contributed by atoms with E-state index in [0.717, 1.165) is 31.1 Å². The zero-order chi connectivity index (χ0) is 27.7. The predicted molar refractivity (Wildman–Crippen MR) is 133 cm³/mol. The van der Waals surface area contributed by atoms with E-state index in [-0.39, 0.29) is 45.1 Å².